The van der Waals surface area contributed by atoms with Crippen molar-refractivity contribution in [3.8, 4) is 0 Å². The predicted molar refractivity (Wildman–Crippen MR) is 62.1 cm³/mol. The summed E-state index contributed by atoms with van der Waals surface area (Å²) in [6, 6.07) is 2.35. The second-order valence-corrected chi connectivity index (χ2v) is 5.07. The number of hydrogen-bond acceptors (Lipinski definition) is 1. The Labute approximate surface area is 104 Å². The van der Waals surface area contributed by atoms with Gasteiger partial charge in [-0.1, -0.05) is 13.8 Å². The summed E-state index contributed by atoms with van der Waals surface area (Å²) in [5.74, 6) is -0.409. The monoisotopic (exact) mass is 265 g/mol. The largest absolute Gasteiger partial charge is 0.418 e. The molecule has 0 fully saturated rings. The summed E-state index contributed by atoms with van der Waals surface area (Å²) in [6.07, 6.45) is -3.01. The summed E-state index contributed by atoms with van der Waals surface area (Å²) in [6.45, 7) is 5.39. The molecule has 0 spiro atoms. The topological polar surface area (TPSA) is 12.9 Å². The maximum absolute atomic E-state index is 12.9. The van der Waals surface area contributed by atoms with Gasteiger partial charge in [0, 0.05) is 17.5 Å². The van der Waals surface area contributed by atoms with E-state index >= 15 is 0 Å². The van der Waals surface area contributed by atoms with Crippen LogP contribution >= 0.6 is 11.6 Å². The van der Waals surface area contributed by atoms with Gasteiger partial charge in [-0.05, 0) is 25.0 Å². The maximum Gasteiger partial charge on any atom is 0.418 e. The summed E-state index contributed by atoms with van der Waals surface area (Å²) >= 11 is 5.99. The minimum absolute atomic E-state index is 0.00139. The molecular formula is C12H15ClF3N. The molecule has 1 aromatic rings. The first kappa shape index (κ1) is 14.3. The Morgan fingerprint density at radius 3 is 2.24 bits per heavy atom. The van der Waals surface area contributed by atoms with Crippen molar-refractivity contribution in [3.05, 3.63) is 29.6 Å². The van der Waals surface area contributed by atoms with Gasteiger partial charge in [0.1, 0.15) is 0 Å². The van der Waals surface area contributed by atoms with Crippen LogP contribution in [0.4, 0.5) is 13.2 Å². The van der Waals surface area contributed by atoms with E-state index in [1.807, 2.05) is 13.8 Å². The van der Waals surface area contributed by atoms with E-state index in [1.165, 1.54) is 12.3 Å². The minimum atomic E-state index is -4.39. The van der Waals surface area contributed by atoms with E-state index in [-0.39, 0.29) is 11.6 Å². The molecule has 0 saturated carbocycles. The zero-order valence-corrected chi connectivity index (χ0v) is 10.7. The Balaban J connectivity index is 3.29. The van der Waals surface area contributed by atoms with Crippen LogP contribution in [-0.2, 0) is 6.18 Å². The molecule has 0 radical (unpaired) electrons. The first-order chi connectivity index (χ1) is 7.75. The van der Waals surface area contributed by atoms with E-state index in [9.17, 15) is 13.2 Å². The number of nitrogens with zero attached hydrogens (tertiary/aromatic N) is 1. The molecule has 1 aromatic heterocycles. The molecule has 96 valence electrons. The molecule has 5 heteroatoms. The second kappa shape index (κ2) is 5.25. The third-order valence-electron chi connectivity index (χ3n) is 2.67. The normalized spacial score (nSPS) is 16.0. The summed E-state index contributed by atoms with van der Waals surface area (Å²) < 4.78 is 38.6. The predicted octanol–water partition coefficient (Wildman–Crippen LogP) is 4.47. The molecule has 2 unspecified atom stereocenters. The second-order valence-electron chi connectivity index (χ2n) is 4.38. The zero-order chi connectivity index (χ0) is 13.2. The summed E-state index contributed by atoms with van der Waals surface area (Å²) in [5, 5.41) is -0.397. The van der Waals surface area contributed by atoms with Crippen molar-refractivity contribution in [2.24, 2.45) is 5.92 Å². The maximum atomic E-state index is 12.9. The Bertz CT molecular complexity index is 366. The van der Waals surface area contributed by atoms with Crippen molar-refractivity contribution in [1.29, 1.82) is 0 Å². The minimum Gasteiger partial charge on any atom is -0.260 e. The van der Waals surface area contributed by atoms with Crippen molar-refractivity contribution in [2.75, 3.05) is 0 Å². The molecule has 0 amide bonds. The van der Waals surface area contributed by atoms with Crippen LogP contribution in [0.2, 0.25) is 0 Å². The fourth-order valence-electron chi connectivity index (χ4n) is 1.99. The summed E-state index contributed by atoms with van der Waals surface area (Å²) in [7, 11) is 0. The average Bonchev–Trinajstić information content (AvgIpc) is 2.15. The van der Waals surface area contributed by atoms with Crippen molar-refractivity contribution in [2.45, 2.75) is 38.2 Å². The number of halogens is 4. The number of hydrogen-bond donors (Lipinski definition) is 0. The molecule has 0 saturated heterocycles. The summed E-state index contributed by atoms with van der Waals surface area (Å²) in [5.41, 5.74) is -0.649. The summed E-state index contributed by atoms with van der Waals surface area (Å²) in [4.78, 5) is 3.88. The molecule has 17 heavy (non-hydrogen) atoms. The number of aromatic nitrogens is 1. The van der Waals surface area contributed by atoms with Gasteiger partial charge in [0.15, 0.2) is 0 Å². The van der Waals surface area contributed by atoms with Gasteiger partial charge in [0.05, 0.1) is 11.3 Å². The molecule has 0 aliphatic heterocycles. The number of alkyl halides is 4. The van der Waals surface area contributed by atoms with Crippen LogP contribution in [0.1, 0.15) is 37.9 Å². The van der Waals surface area contributed by atoms with E-state index in [0.29, 0.717) is 0 Å². The van der Waals surface area contributed by atoms with Crippen molar-refractivity contribution in [1.82, 2.24) is 4.98 Å². The fourth-order valence-corrected chi connectivity index (χ4v) is 2.40. The van der Waals surface area contributed by atoms with Crippen LogP contribution in [0.5, 0.6) is 0 Å². The van der Waals surface area contributed by atoms with Gasteiger partial charge < -0.3 is 0 Å². The molecule has 0 aliphatic rings. The third kappa shape index (κ3) is 3.35. The first-order valence-electron chi connectivity index (χ1n) is 5.41. The number of pyridine rings is 1. The molecule has 2 atom stereocenters. The van der Waals surface area contributed by atoms with Gasteiger partial charge in [0.25, 0.3) is 0 Å². The first-order valence-corrected chi connectivity index (χ1v) is 5.85. The Hall–Kier alpha value is -0.770. The lowest BCUT2D eigenvalue weighted by Crippen LogP contribution is -2.22. The Morgan fingerprint density at radius 2 is 1.82 bits per heavy atom. The highest BCUT2D eigenvalue weighted by Gasteiger charge is 2.37. The quantitative estimate of drug-likeness (QED) is 0.735. The molecule has 1 nitrogen and oxygen atoms in total. The molecule has 0 N–H and O–H groups in total. The SMILES string of the molecule is CC(C)C(c1ncccc1C(F)(F)F)C(C)Cl. The third-order valence-corrected chi connectivity index (χ3v) is 2.94. The lowest BCUT2D eigenvalue weighted by Gasteiger charge is -2.25. The lowest BCUT2D eigenvalue weighted by atomic mass is 9.87. The van der Waals surface area contributed by atoms with Crippen molar-refractivity contribution >= 4 is 11.6 Å². The van der Waals surface area contributed by atoms with E-state index in [1.54, 1.807) is 6.92 Å². The number of rotatable bonds is 3. The van der Waals surface area contributed by atoms with E-state index < -0.39 is 23.0 Å². The van der Waals surface area contributed by atoms with Gasteiger partial charge in [-0.15, -0.1) is 11.6 Å². The molecule has 0 bridgehead atoms. The van der Waals surface area contributed by atoms with Gasteiger partial charge in [-0.25, -0.2) is 0 Å². The van der Waals surface area contributed by atoms with Crippen LogP contribution in [-0.4, -0.2) is 10.4 Å². The molecule has 0 aromatic carbocycles. The average molecular weight is 266 g/mol. The molecule has 1 heterocycles. The van der Waals surface area contributed by atoms with Gasteiger partial charge in [-0.3, -0.25) is 4.98 Å². The highest BCUT2D eigenvalue weighted by atomic mass is 35.5. The standard InChI is InChI=1S/C12H15ClF3N/c1-7(2)10(8(3)13)11-9(12(14,15)16)5-4-6-17-11/h4-8,10H,1-3H3. The zero-order valence-electron chi connectivity index (χ0n) is 9.92. The van der Waals surface area contributed by atoms with Crippen LogP contribution in [0.25, 0.3) is 0 Å². The Kier molecular flexibility index (Phi) is 4.42. The van der Waals surface area contributed by atoms with E-state index in [2.05, 4.69) is 4.98 Å². The van der Waals surface area contributed by atoms with Crippen LogP contribution in [0, 0.1) is 5.92 Å². The van der Waals surface area contributed by atoms with E-state index in [4.69, 9.17) is 11.6 Å². The molecule has 0 aliphatic carbocycles. The van der Waals surface area contributed by atoms with Crippen LogP contribution in [0.15, 0.2) is 18.3 Å². The van der Waals surface area contributed by atoms with Crippen molar-refractivity contribution in [3.63, 3.8) is 0 Å². The molecular weight excluding hydrogens is 251 g/mol. The van der Waals surface area contributed by atoms with Gasteiger partial charge in [0.2, 0.25) is 0 Å². The van der Waals surface area contributed by atoms with E-state index in [0.717, 1.165) is 6.07 Å². The van der Waals surface area contributed by atoms with Crippen LogP contribution in [0.3, 0.4) is 0 Å². The van der Waals surface area contributed by atoms with Crippen molar-refractivity contribution < 1.29 is 13.2 Å². The highest BCUT2D eigenvalue weighted by molar-refractivity contribution is 6.20. The Morgan fingerprint density at radius 1 is 1.24 bits per heavy atom. The lowest BCUT2D eigenvalue weighted by molar-refractivity contribution is -0.138. The fraction of sp³-hybridized carbons (Fsp3) is 0.583. The smallest absolute Gasteiger partial charge is 0.260 e. The highest BCUT2D eigenvalue weighted by Crippen LogP contribution is 2.38. The van der Waals surface area contributed by atoms with Crippen LogP contribution < -0.4 is 0 Å². The van der Waals surface area contributed by atoms with Gasteiger partial charge >= 0.3 is 6.18 Å². The molecule has 1 rings (SSSR count). The van der Waals surface area contributed by atoms with Gasteiger partial charge in [-0.2, -0.15) is 13.2 Å².